The Morgan fingerprint density at radius 3 is 2.67 bits per heavy atom. The summed E-state index contributed by atoms with van der Waals surface area (Å²) in [7, 11) is 0. The van der Waals surface area contributed by atoms with E-state index in [2.05, 4.69) is 10.6 Å². The van der Waals surface area contributed by atoms with E-state index in [-0.39, 0.29) is 17.4 Å². The van der Waals surface area contributed by atoms with Crippen LogP contribution in [0.25, 0.3) is 0 Å². The second-order valence-corrected chi connectivity index (χ2v) is 6.27. The van der Waals surface area contributed by atoms with Gasteiger partial charge in [-0.15, -0.1) is 0 Å². The molecule has 0 atom stereocenters. The summed E-state index contributed by atoms with van der Waals surface area (Å²) in [5.41, 5.74) is 6.96. The maximum absolute atomic E-state index is 12.0. The van der Waals surface area contributed by atoms with E-state index in [1.54, 1.807) is 24.3 Å². The maximum Gasteiger partial charge on any atom is 0.251 e. The van der Waals surface area contributed by atoms with Crippen LogP contribution in [-0.4, -0.2) is 23.4 Å². The smallest absolute Gasteiger partial charge is 0.251 e. The third-order valence-electron chi connectivity index (χ3n) is 4.18. The van der Waals surface area contributed by atoms with Crippen LogP contribution in [0.4, 0.5) is 5.69 Å². The summed E-state index contributed by atoms with van der Waals surface area (Å²) in [5.74, 6) is -0.167. The van der Waals surface area contributed by atoms with Crippen molar-refractivity contribution in [3.05, 3.63) is 29.8 Å². The molecule has 21 heavy (non-hydrogen) atoms. The van der Waals surface area contributed by atoms with Gasteiger partial charge in [0, 0.05) is 29.3 Å². The quantitative estimate of drug-likeness (QED) is 0.772. The molecule has 2 aliphatic carbocycles. The number of carbonyl (C=O) groups excluding carboxylic acids is 2. The third kappa shape index (κ3) is 3.61. The first-order valence-corrected chi connectivity index (χ1v) is 7.54. The van der Waals surface area contributed by atoms with Crippen molar-refractivity contribution in [3.8, 4) is 0 Å². The molecule has 5 heteroatoms. The Kier molecular flexibility index (Phi) is 3.68. The summed E-state index contributed by atoms with van der Waals surface area (Å²) < 4.78 is 0. The van der Waals surface area contributed by atoms with Crippen LogP contribution in [-0.2, 0) is 4.79 Å². The molecule has 2 saturated carbocycles. The molecule has 5 nitrogen and oxygen atoms in total. The van der Waals surface area contributed by atoms with Crippen molar-refractivity contribution in [2.45, 2.75) is 50.1 Å². The molecule has 0 unspecified atom stereocenters. The molecule has 2 aliphatic rings. The van der Waals surface area contributed by atoms with Gasteiger partial charge in [-0.05, 0) is 50.3 Å². The van der Waals surface area contributed by atoms with Crippen molar-refractivity contribution in [2.75, 3.05) is 5.32 Å². The van der Waals surface area contributed by atoms with E-state index in [9.17, 15) is 9.59 Å². The summed E-state index contributed by atoms with van der Waals surface area (Å²) in [6.07, 6.45) is 5.36. The highest BCUT2D eigenvalue weighted by Crippen LogP contribution is 2.32. The number of anilines is 1. The second kappa shape index (κ2) is 5.48. The zero-order valence-corrected chi connectivity index (χ0v) is 12.0. The predicted molar refractivity (Wildman–Crippen MR) is 80.9 cm³/mol. The largest absolute Gasteiger partial charge is 0.349 e. The molecule has 4 N–H and O–H groups in total. The molecule has 0 radical (unpaired) electrons. The lowest BCUT2D eigenvalue weighted by Gasteiger charge is -2.37. The standard InChI is InChI=1S/C16H21N3O2/c17-16(7-2-8-16)10-14(20)18-13-4-1-3-11(9-13)15(21)19-12-5-6-12/h1,3-4,9,12H,2,5-8,10,17H2,(H,18,20)(H,19,21). The average Bonchev–Trinajstić information content (AvgIpc) is 3.21. The Morgan fingerprint density at radius 2 is 2.05 bits per heavy atom. The minimum atomic E-state index is -0.328. The van der Waals surface area contributed by atoms with Crippen molar-refractivity contribution in [3.63, 3.8) is 0 Å². The number of rotatable bonds is 5. The van der Waals surface area contributed by atoms with E-state index in [4.69, 9.17) is 5.73 Å². The first-order chi connectivity index (χ1) is 10.0. The predicted octanol–water partition coefficient (Wildman–Crippen LogP) is 1.79. The molecule has 1 aromatic rings. The average molecular weight is 287 g/mol. The highest BCUT2D eigenvalue weighted by molar-refractivity contribution is 5.97. The molecular weight excluding hydrogens is 266 g/mol. The Labute approximate surface area is 124 Å². The fourth-order valence-corrected chi connectivity index (χ4v) is 2.57. The molecule has 0 aromatic heterocycles. The van der Waals surface area contributed by atoms with Crippen LogP contribution in [0.15, 0.2) is 24.3 Å². The van der Waals surface area contributed by atoms with Crippen LogP contribution in [0.3, 0.4) is 0 Å². The zero-order valence-electron chi connectivity index (χ0n) is 12.0. The van der Waals surface area contributed by atoms with Crippen LogP contribution < -0.4 is 16.4 Å². The lowest BCUT2D eigenvalue weighted by atomic mass is 9.75. The SMILES string of the molecule is NC1(CC(=O)Nc2cccc(C(=O)NC3CC3)c2)CCC1. The fourth-order valence-electron chi connectivity index (χ4n) is 2.57. The van der Waals surface area contributed by atoms with Crippen LogP contribution in [0, 0.1) is 0 Å². The summed E-state index contributed by atoms with van der Waals surface area (Å²) in [4.78, 5) is 24.0. The first kappa shape index (κ1) is 14.1. The van der Waals surface area contributed by atoms with E-state index < -0.39 is 0 Å². The molecule has 2 fully saturated rings. The number of nitrogens with two attached hydrogens (primary N) is 1. The van der Waals surface area contributed by atoms with E-state index in [1.165, 1.54) is 0 Å². The van der Waals surface area contributed by atoms with Crippen LogP contribution in [0.2, 0.25) is 0 Å². The molecule has 2 amide bonds. The van der Waals surface area contributed by atoms with Crippen molar-refractivity contribution in [1.29, 1.82) is 0 Å². The van der Waals surface area contributed by atoms with Gasteiger partial charge >= 0.3 is 0 Å². The number of nitrogens with one attached hydrogen (secondary N) is 2. The Bertz CT molecular complexity index is 562. The van der Waals surface area contributed by atoms with Gasteiger partial charge < -0.3 is 16.4 Å². The number of carbonyl (C=O) groups is 2. The van der Waals surface area contributed by atoms with Gasteiger partial charge in [0.25, 0.3) is 5.91 Å². The zero-order chi connectivity index (χ0) is 14.9. The third-order valence-corrected chi connectivity index (χ3v) is 4.18. The minimum absolute atomic E-state index is 0.0807. The van der Waals surface area contributed by atoms with Gasteiger partial charge in [-0.3, -0.25) is 9.59 Å². The number of benzene rings is 1. The maximum atomic E-state index is 12.0. The molecule has 1 aromatic carbocycles. The van der Waals surface area contributed by atoms with E-state index >= 15 is 0 Å². The Morgan fingerprint density at radius 1 is 1.29 bits per heavy atom. The van der Waals surface area contributed by atoms with Crippen molar-refractivity contribution in [2.24, 2.45) is 5.73 Å². The van der Waals surface area contributed by atoms with Gasteiger partial charge in [-0.2, -0.15) is 0 Å². The van der Waals surface area contributed by atoms with Gasteiger partial charge in [0.15, 0.2) is 0 Å². The number of hydrogen-bond donors (Lipinski definition) is 3. The molecular formula is C16H21N3O2. The molecule has 0 saturated heterocycles. The normalized spacial score (nSPS) is 19.5. The fraction of sp³-hybridized carbons (Fsp3) is 0.500. The van der Waals surface area contributed by atoms with Crippen LogP contribution in [0.5, 0.6) is 0 Å². The molecule has 0 bridgehead atoms. The van der Waals surface area contributed by atoms with Crippen LogP contribution >= 0.6 is 0 Å². The highest BCUT2D eigenvalue weighted by Gasteiger charge is 2.34. The van der Waals surface area contributed by atoms with Crippen molar-refractivity contribution >= 4 is 17.5 Å². The van der Waals surface area contributed by atoms with E-state index in [0.29, 0.717) is 23.7 Å². The number of amides is 2. The monoisotopic (exact) mass is 287 g/mol. The number of hydrogen-bond acceptors (Lipinski definition) is 3. The van der Waals surface area contributed by atoms with Gasteiger partial charge in [0.1, 0.15) is 0 Å². The van der Waals surface area contributed by atoms with Gasteiger partial charge in [0.05, 0.1) is 0 Å². The molecule has 0 aliphatic heterocycles. The molecule has 3 rings (SSSR count). The lowest BCUT2D eigenvalue weighted by molar-refractivity contribution is -0.118. The highest BCUT2D eigenvalue weighted by atomic mass is 16.2. The lowest BCUT2D eigenvalue weighted by Crippen LogP contribution is -2.48. The minimum Gasteiger partial charge on any atom is -0.349 e. The molecule has 0 spiro atoms. The Hall–Kier alpha value is -1.88. The molecule has 0 heterocycles. The van der Waals surface area contributed by atoms with E-state index in [1.807, 2.05) is 0 Å². The summed E-state index contributed by atoms with van der Waals surface area (Å²) >= 11 is 0. The topological polar surface area (TPSA) is 84.2 Å². The van der Waals surface area contributed by atoms with Gasteiger partial charge in [-0.1, -0.05) is 6.07 Å². The van der Waals surface area contributed by atoms with Gasteiger partial charge in [0.2, 0.25) is 5.91 Å². The summed E-state index contributed by atoms with van der Waals surface area (Å²) in [5, 5.41) is 5.77. The van der Waals surface area contributed by atoms with Crippen molar-refractivity contribution in [1.82, 2.24) is 5.32 Å². The van der Waals surface area contributed by atoms with Crippen LogP contribution in [0.1, 0.15) is 48.9 Å². The molecule has 112 valence electrons. The second-order valence-electron chi connectivity index (χ2n) is 6.27. The summed E-state index contributed by atoms with van der Waals surface area (Å²) in [6.45, 7) is 0. The van der Waals surface area contributed by atoms with Crippen molar-refractivity contribution < 1.29 is 9.59 Å². The first-order valence-electron chi connectivity index (χ1n) is 7.54. The summed E-state index contributed by atoms with van der Waals surface area (Å²) in [6, 6.07) is 7.35. The van der Waals surface area contributed by atoms with E-state index in [0.717, 1.165) is 32.1 Å². The Balaban J connectivity index is 1.59. The van der Waals surface area contributed by atoms with Gasteiger partial charge in [-0.25, -0.2) is 0 Å².